The number of rotatable bonds is 7. The lowest BCUT2D eigenvalue weighted by molar-refractivity contribution is 0.0916. The van der Waals surface area contributed by atoms with Gasteiger partial charge in [0, 0.05) is 30.3 Å². The monoisotopic (exact) mass is 449 g/mol. The summed E-state index contributed by atoms with van der Waals surface area (Å²) in [4.78, 5) is 17.3. The summed E-state index contributed by atoms with van der Waals surface area (Å²) < 4.78 is 20.7. The maximum absolute atomic E-state index is 14.1. The van der Waals surface area contributed by atoms with Gasteiger partial charge >= 0.3 is 0 Å². The molecule has 0 saturated carbocycles. The van der Waals surface area contributed by atoms with Crippen molar-refractivity contribution < 1.29 is 19.0 Å². The van der Waals surface area contributed by atoms with E-state index in [-0.39, 0.29) is 18.3 Å². The fraction of sp³-hybridized carbons (Fsp3) is 0.208. The average Bonchev–Trinajstić information content (AvgIpc) is 3.13. The molecule has 9 heteroatoms. The summed E-state index contributed by atoms with van der Waals surface area (Å²) in [7, 11) is 3.21. The summed E-state index contributed by atoms with van der Waals surface area (Å²) in [6.07, 6.45) is 1.72. The number of carbonyl (C=O) groups is 1. The van der Waals surface area contributed by atoms with Crippen LogP contribution in [-0.4, -0.2) is 39.5 Å². The molecular formula is C24H24FN5O3. The topological polar surface area (TPSA) is 101 Å². The van der Waals surface area contributed by atoms with Crippen molar-refractivity contribution in [2.75, 3.05) is 19.0 Å². The zero-order valence-corrected chi connectivity index (χ0v) is 18.5. The number of halogens is 1. The molecule has 0 radical (unpaired) electrons. The van der Waals surface area contributed by atoms with E-state index in [1.165, 1.54) is 19.2 Å². The number of benzene rings is 2. The van der Waals surface area contributed by atoms with Crippen LogP contribution in [0.15, 0.2) is 54.7 Å². The zero-order valence-electron chi connectivity index (χ0n) is 18.5. The van der Waals surface area contributed by atoms with Gasteiger partial charge in [0.05, 0.1) is 25.5 Å². The van der Waals surface area contributed by atoms with Crippen LogP contribution >= 0.6 is 0 Å². The molecule has 4 rings (SSSR count). The highest BCUT2D eigenvalue weighted by Crippen LogP contribution is 2.24. The van der Waals surface area contributed by atoms with E-state index in [1.54, 1.807) is 35.1 Å². The van der Waals surface area contributed by atoms with E-state index in [1.807, 2.05) is 26.1 Å². The lowest BCUT2D eigenvalue weighted by atomic mass is 10.0. The molecule has 0 saturated heterocycles. The first-order valence-corrected chi connectivity index (χ1v) is 10.3. The molecule has 8 nitrogen and oxygen atoms in total. The third-order valence-corrected chi connectivity index (χ3v) is 5.31. The van der Waals surface area contributed by atoms with Gasteiger partial charge in [-0.25, -0.2) is 9.37 Å². The van der Waals surface area contributed by atoms with Gasteiger partial charge in [0.25, 0.3) is 5.91 Å². The van der Waals surface area contributed by atoms with Crippen LogP contribution in [0.4, 0.5) is 16.0 Å². The third-order valence-electron chi connectivity index (χ3n) is 5.31. The van der Waals surface area contributed by atoms with Crippen LogP contribution in [0.2, 0.25) is 0 Å². The van der Waals surface area contributed by atoms with Crippen molar-refractivity contribution in [3.8, 4) is 5.75 Å². The van der Waals surface area contributed by atoms with Crippen LogP contribution in [0, 0.1) is 12.7 Å². The van der Waals surface area contributed by atoms with Gasteiger partial charge in [-0.05, 0) is 48.2 Å². The molecule has 33 heavy (non-hydrogen) atoms. The number of hydrogen-bond donors (Lipinski definition) is 3. The highest BCUT2D eigenvalue weighted by molar-refractivity contribution is 5.99. The number of carbonyl (C=O) groups excluding carboxylic acids is 1. The Morgan fingerprint density at radius 2 is 2.00 bits per heavy atom. The second-order valence-corrected chi connectivity index (χ2v) is 7.65. The lowest BCUT2D eigenvalue weighted by Crippen LogP contribution is -2.30. The van der Waals surface area contributed by atoms with Crippen molar-refractivity contribution in [3.63, 3.8) is 0 Å². The van der Waals surface area contributed by atoms with Crippen molar-refractivity contribution in [2.24, 2.45) is 7.05 Å². The number of hydrogen-bond acceptors (Lipinski definition) is 6. The molecule has 2 aromatic heterocycles. The Bertz CT molecular complexity index is 1320. The first-order valence-electron chi connectivity index (χ1n) is 10.3. The predicted octanol–water partition coefficient (Wildman–Crippen LogP) is 3.63. The molecule has 1 amide bonds. The van der Waals surface area contributed by atoms with Gasteiger partial charge in [-0.3, -0.25) is 9.48 Å². The molecular weight excluding hydrogens is 425 g/mol. The summed E-state index contributed by atoms with van der Waals surface area (Å²) in [6, 6.07) is 12.5. The highest BCUT2D eigenvalue weighted by atomic mass is 19.1. The smallest absolute Gasteiger partial charge is 0.251 e. The molecule has 3 N–H and O–H groups in total. The molecule has 0 spiro atoms. The number of methoxy groups -OCH3 is 1. The maximum Gasteiger partial charge on any atom is 0.251 e. The van der Waals surface area contributed by atoms with Crippen molar-refractivity contribution >= 4 is 28.3 Å². The molecule has 0 aliphatic heterocycles. The Balaban J connectivity index is 1.55. The van der Waals surface area contributed by atoms with Crippen LogP contribution in [-0.2, 0) is 7.05 Å². The quantitative estimate of drug-likeness (QED) is 0.398. The number of pyridine rings is 1. The highest BCUT2D eigenvalue weighted by Gasteiger charge is 2.17. The third kappa shape index (κ3) is 4.78. The molecule has 2 aromatic carbocycles. The van der Waals surface area contributed by atoms with Gasteiger partial charge in [0.1, 0.15) is 11.6 Å². The first-order chi connectivity index (χ1) is 15.9. The van der Waals surface area contributed by atoms with Crippen molar-refractivity contribution in [1.82, 2.24) is 20.1 Å². The van der Waals surface area contributed by atoms with Crippen molar-refractivity contribution in [1.29, 1.82) is 0 Å². The Morgan fingerprint density at radius 1 is 1.18 bits per heavy atom. The maximum atomic E-state index is 14.1. The number of aryl methyl sites for hydroxylation is 2. The minimum Gasteiger partial charge on any atom is -0.494 e. The number of aliphatic hydroxyl groups is 1. The Labute approximate surface area is 190 Å². The van der Waals surface area contributed by atoms with Gasteiger partial charge in [0.2, 0.25) is 0 Å². The molecule has 0 aliphatic rings. The minimum atomic E-state index is -0.767. The van der Waals surface area contributed by atoms with E-state index < -0.39 is 11.9 Å². The average molecular weight is 449 g/mol. The molecule has 1 atom stereocenters. The van der Waals surface area contributed by atoms with Gasteiger partial charge in [-0.15, -0.1) is 0 Å². The predicted molar refractivity (Wildman–Crippen MR) is 123 cm³/mol. The SMILES string of the molecule is COc1ccc([C@@H](CO)NC(=O)c2ccc3cnc(Nc4cc(C)nn4C)cc3c2)cc1F. The zero-order chi connectivity index (χ0) is 23.5. The van der Waals surface area contributed by atoms with Crippen LogP contribution in [0.25, 0.3) is 10.8 Å². The normalized spacial score (nSPS) is 11.9. The fourth-order valence-corrected chi connectivity index (χ4v) is 3.58. The first kappa shape index (κ1) is 22.2. The summed E-state index contributed by atoms with van der Waals surface area (Å²) in [5, 5.41) is 21.7. The molecule has 170 valence electrons. The Hall–Kier alpha value is -3.98. The second-order valence-electron chi connectivity index (χ2n) is 7.65. The second kappa shape index (κ2) is 9.25. The number of aromatic nitrogens is 3. The number of nitrogens with one attached hydrogen (secondary N) is 2. The lowest BCUT2D eigenvalue weighted by Gasteiger charge is -2.18. The van der Waals surface area contributed by atoms with E-state index in [0.29, 0.717) is 16.9 Å². The largest absolute Gasteiger partial charge is 0.494 e. The summed E-state index contributed by atoms with van der Waals surface area (Å²) >= 11 is 0. The summed E-state index contributed by atoms with van der Waals surface area (Å²) in [6.45, 7) is 1.52. The number of anilines is 2. The Morgan fingerprint density at radius 3 is 2.67 bits per heavy atom. The molecule has 0 aliphatic carbocycles. The van der Waals surface area contributed by atoms with E-state index in [0.717, 1.165) is 22.3 Å². The van der Waals surface area contributed by atoms with Crippen molar-refractivity contribution in [2.45, 2.75) is 13.0 Å². The summed E-state index contributed by atoms with van der Waals surface area (Å²) in [5.41, 5.74) is 1.73. The van der Waals surface area contributed by atoms with E-state index in [2.05, 4.69) is 20.7 Å². The van der Waals surface area contributed by atoms with Crippen LogP contribution in [0.3, 0.4) is 0 Å². The van der Waals surface area contributed by atoms with E-state index in [9.17, 15) is 14.3 Å². The number of fused-ring (bicyclic) bond motifs is 1. The van der Waals surface area contributed by atoms with Gasteiger partial charge in [-0.1, -0.05) is 12.1 Å². The fourth-order valence-electron chi connectivity index (χ4n) is 3.58. The molecule has 0 unspecified atom stereocenters. The van der Waals surface area contributed by atoms with Gasteiger partial charge in [0.15, 0.2) is 11.6 Å². The van der Waals surface area contributed by atoms with Crippen LogP contribution < -0.4 is 15.4 Å². The number of nitrogens with zero attached hydrogens (tertiary/aromatic N) is 3. The number of ether oxygens (including phenoxy) is 1. The molecule has 2 heterocycles. The minimum absolute atomic E-state index is 0.0932. The Kier molecular flexibility index (Phi) is 6.23. The number of aliphatic hydroxyl groups excluding tert-OH is 1. The standard InChI is InChI=1S/C24H24FN5O3/c1-14-8-23(30(2)29-14)28-22-11-18-9-16(4-5-17(18)12-26-22)24(32)27-20(13-31)15-6-7-21(33-3)19(25)10-15/h4-12,20,31H,13H2,1-3H3,(H,26,28)(H,27,32)/t20-/m1/s1. The van der Waals surface area contributed by atoms with E-state index >= 15 is 0 Å². The van der Waals surface area contributed by atoms with Crippen LogP contribution in [0.1, 0.15) is 27.7 Å². The molecule has 4 aromatic rings. The van der Waals surface area contributed by atoms with Crippen LogP contribution in [0.5, 0.6) is 5.75 Å². The molecule has 0 fully saturated rings. The van der Waals surface area contributed by atoms with Gasteiger partial charge in [-0.2, -0.15) is 5.10 Å². The summed E-state index contributed by atoms with van der Waals surface area (Å²) in [5.74, 6) is 0.552. The molecule has 0 bridgehead atoms. The van der Waals surface area contributed by atoms with Gasteiger partial charge < -0.3 is 20.5 Å². The van der Waals surface area contributed by atoms with E-state index in [4.69, 9.17) is 4.74 Å². The number of amides is 1. The van der Waals surface area contributed by atoms with Crippen molar-refractivity contribution in [3.05, 3.63) is 77.4 Å².